The minimum atomic E-state index is -1.44. The number of carboxylic acid groups (broad SMARTS) is 1. The number of benzene rings is 2. The Labute approximate surface area is 183 Å². The van der Waals surface area contributed by atoms with Crippen molar-refractivity contribution in [2.45, 2.75) is 24.9 Å². The number of aromatic carboxylic acids is 1. The maximum absolute atomic E-state index is 14.9. The van der Waals surface area contributed by atoms with Crippen molar-refractivity contribution in [3.8, 4) is 0 Å². The van der Waals surface area contributed by atoms with Crippen LogP contribution in [0.5, 0.6) is 0 Å². The Hall–Kier alpha value is -3.43. The normalized spacial score (nSPS) is 17.4. The molecule has 9 heteroatoms. The molecule has 0 spiro atoms. The molecule has 3 aromatic rings. The van der Waals surface area contributed by atoms with Crippen LogP contribution in [-0.2, 0) is 6.54 Å². The second kappa shape index (κ2) is 8.97. The van der Waals surface area contributed by atoms with Crippen molar-refractivity contribution in [3.05, 3.63) is 69.8 Å². The Balaban J connectivity index is 1.50. The molecular formula is C23H25FN4O4. The average Bonchev–Trinajstić information content (AvgIpc) is 3.56. The van der Waals surface area contributed by atoms with E-state index in [4.69, 9.17) is 5.73 Å². The minimum absolute atomic E-state index is 0.0334. The predicted molar refractivity (Wildman–Crippen MR) is 121 cm³/mol. The Kier molecular flexibility index (Phi) is 6.11. The standard InChI is InChI=1S/C23H25FN4O4/c24-20-17(27-7-6-26-16-10-14(16)13-4-2-1-3-5-13)11-18-19(21(20)25)22(30)15(23(31)32)12-28(18)8-9-29/h1-5,11-12,14,16,26-27,29H,6-10,25H2,(H,31,32)/t14-,16+/m0/s1. The number of aliphatic hydroxyl groups is 1. The Bertz CT molecular complexity index is 1210. The molecular weight excluding hydrogens is 415 g/mol. The summed E-state index contributed by atoms with van der Waals surface area (Å²) in [6.45, 7) is 0.779. The first-order valence-corrected chi connectivity index (χ1v) is 10.4. The largest absolute Gasteiger partial charge is 0.477 e. The summed E-state index contributed by atoms with van der Waals surface area (Å²) in [4.78, 5) is 24.0. The van der Waals surface area contributed by atoms with Crippen LogP contribution < -0.4 is 21.8 Å². The molecule has 8 nitrogen and oxygen atoms in total. The molecule has 1 heterocycles. The molecule has 32 heavy (non-hydrogen) atoms. The quantitative estimate of drug-likeness (QED) is 0.254. The van der Waals surface area contributed by atoms with Crippen LogP contribution in [0.25, 0.3) is 10.9 Å². The van der Waals surface area contributed by atoms with Gasteiger partial charge in [0.15, 0.2) is 5.82 Å². The number of nitrogens with two attached hydrogens (primary N) is 1. The molecule has 1 saturated carbocycles. The van der Waals surface area contributed by atoms with E-state index in [9.17, 15) is 24.2 Å². The van der Waals surface area contributed by atoms with Crippen LogP contribution in [0.2, 0.25) is 0 Å². The molecule has 168 valence electrons. The number of nitrogen functional groups attached to an aromatic ring is 1. The van der Waals surface area contributed by atoms with Gasteiger partial charge in [-0.25, -0.2) is 9.18 Å². The van der Waals surface area contributed by atoms with Gasteiger partial charge in [0, 0.05) is 37.8 Å². The highest BCUT2D eigenvalue weighted by molar-refractivity contribution is 5.99. The van der Waals surface area contributed by atoms with E-state index in [0.29, 0.717) is 25.0 Å². The molecule has 0 unspecified atom stereocenters. The summed E-state index contributed by atoms with van der Waals surface area (Å²) in [5.74, 6) is -1.76. The van der Waals surface area contributed by atoms with Gasteiger partial charge in [-0.15, -0.1) is 0 Å². The van der Waals surface area contributed by atoms with Gasteiger partial charge < -0.3 is 31.1 Å². The smallest absolute Gasteiger partial charge is 0.341 e. The summed E-state index contributed by atoms with van der Waals surface area (Å²) in [7, 11) is 0. The lowest BCUT2D eigenvalue weighted by molar-refractivity contribution is 0.0694. The van der Waals surface area contributed by atoms with Gasteiger partial charge in [0.05, 0.1) is 28.9 Å². The van der Waals surface area contributed by atoms with Crippen LogP contribution in [0.1, 0.15) is 28.3 Å². The van der Waals surface area contributed by atoms with Gasteiger partial charge in [0.1, 0.15) is 5.56 Å². The Morgan fingerprint density at radius 3 is 2.69 bits per heavy atom. The van der Waals surface area contributed by atoms with Gasteiger partial charge >= 0.3 is 5.97 Å². The first-order chi connectivity index (χ1) is 15.4. The molecule has 4 rings (SSSR count). The highest BCUT2D eigenvalue weighted by Gasteiger charge is 2.37. The number of carbonyl (C=O) groups is 1. The third kappa shape index (κ3) is 4.17. The van der Waals surface area contributed by atoms with Crippen LogP contribution in [0.15, 0.2) is 47.4 Å². The number of anilines is 2. The van der Waals surface area contributed by atoms with E-state index in [-0.39, 0.29) is 29.7 Å². The van der Waals surface area contributed by atoms with Gasteiger partial charge in [-0.3, -0.25) is 4.79 Å². The number of halogens is 1. The lowest BCUT2D eigenvalue weighted by Crippen LogP contribution is -2.26. The summed E-state index contributed by atoms with van der Waals surface area (Å²) in [6, 6.07) is 12.1. The number of pyridine rings is 1. The van der Waals surface area contributed by atoms with E-state index in [1.54, 1.807) is 0 Å². The van der Waals surface area contributed by atoms with Gasteiger partial charge in [0.25, 0.3) is 0 Å². The van der Waals surface area contributed by atoms with E-state index >= 15 is 0 Å². The van der Waals surface area contributed by atoms with Crippen molar-refractivity contribution in [2.75, 3.05) is 30.7 Å². The molecule has 0 saturated heterocycles. The van der Waals surface area contributed by atoms with Gasteiger partial charge in [-0.05, 0) is 18.1 Å². The number of fused-ring (bicyclic) bond motifs is 1. The molecule has 0 aliphatic heterocycles. The van der Waals surface area contributed by atoms with Crippen molar-refractivity contribution in [3.63, 3.8) is 0 Å². The molecule has 6 N–H and O–H groups in total. The minimum Gasteiger partial charge on any atom is -0.477 e. The fraction of sp³-hybridized carbons (Fsp3) is 0.304. The molecule has 2 atom stereocenters. The van der Waals surface area contributed by atoms with Crippen LogP contribution in [0.3, 0.4) is 0 Å². The maximum Gasteiger partial charge on any atom is 0.341 e. The second-order valence-corrected chi connectivity index (χ2v) is 7.88. The van der Waals surface area contributed by atoms with E-state index in [2.05, 4.69) is 22.8 Å². The predicted octanol–water partition coefficient (Wildman–Crippen LogP) is 1.97. The number of aromatic nitrogens is 1. The first-order valence-electron chi connectivity index (χ1n) is 10.4. The molecule has 0 bridgehead atoms. The van der Waals surface area contributed by atoms with Gasteiger partial charge in [-0.2, -0.15) is 0 Å². The van der Waals surface area contributed by atoms with Crippen molar-refractivity contribution in [2.24, 2.45) is 0 Å². The van der Waals surface area contributed by atoms with E-state index in [1.165, 1.54) is 16.2 Å². The average molecular weight is 440 g/mol. The maximum atomic E-state index is 14.9. The molecule has 1 fully saturated rings. The molecule has 1 aliphatic carbocycles. The Morgan fingerprint density at radius 2 is 2.00 bits per heavy atom. The van der Waals surface area contributed by atoms with Gasteiger partial charge in [-0.1, -0.05) is 30.3 Å². The van der Waals surface area contributed by atoms with Crippen LogP contribution in [-0.4, -0.2) is 46.5 Å². The van der Waals surface area contributed by atoms with Crippen LogP contribution in [0.4, 0.5) is 15.8 Å². The monoisotopic (exact) mass is 440 g/mol. The number of hydrogen-bond acceptors (Lipinski definition) is 6. The summed E-state index contributed by atoms with van der Waals surface area (Å²) in [5, 5.41) is 24.8. The zero-order valence-electron chi connectivity index (χ0n) is 17.3. The number of nitrogens with zero attached hydrogens (tertiary/aromatic N) is 1. The lowest BCUT2D eigenvalue weighted by atomic mass is 10.1. The summed E-state index contributed by atoms with van der Waals surface area (Å²) in [5.41, 5.74) is 5.78. The molecule has 1 aromatic heterocycles. The van der Waals surface area contributed by atoms with Crippen molar-refractivity contribution >= 4 is 28.2 Å². The summed E-state index contributed by atoms with van der Waals surface area (Å²) < 4.78 is 16.3. The van der Waals surface area contributed by atoms with Crippen molar-refractivity contribution in [1.82, 2.24) is 9.88 Å². The first kappa shape index (κ1) is 21.8. The van der Waals surface area contributed by atoms with Crippen molar-refractivity contribution in [1.29, 1.82) is 0 Å². The number of carboxylic acids is 1. The van der Waals surface area contributed by atoms with E-state index in [1.807, 2.05) is 18.2 Å². The molecule has 0 radical (unpaired) electrons. The van der Waals surface area contributed by atoms with Crippen molar-refractivity contribution < 1.29 is 19.4 Å². The summed E-state index contributed by atoms with van der Waals surface area (Å²) in [6.07, 6.45) is 2.20. The fourth-order valence-corrected chi connectivity index (χ4v) is 4.07. The third-order valence-corrected chi connectivity index (χ3v) is 5.78. The second-order valence-electron chi connectivity index (χ2n) is 7.88. The van der Waals surface area contributed by atoms with Crippen LogP contribution in [0, 0.1) is 5.82 Å². The highest BCUT2D eigenvalue weighted by atomic mass is 19.1. The zero-order chi connectivity index (χ0) is 22.8. The third-order valence-electron chi connectivity index (χ3n) is 5.78. The summed E-state index contributed by atoms with van der Waals surface area (Å²) >= 11 is 0. The number of aliphatic hydroxyl groups excluding tert-OH is 1. The fourth-order valence-electron chi connectivity index (χ4n) is 4.07. The number of rotatable bonds is 9. The zero-order valence-corrected chi connectivity index (χ0v) is 17.3. The Morgan fingerprint density at radius 1 is 1.25 bits per heavy atom. The topological polar surface area (TPSA) is 130 Å². The molecule has 0 amide bonds. The molecule has 2 aromatic carbocycles. The van der Waals surface area contributed by atoms with Gasteiger partial charge in [0.2, 0.25) is 5.43 Å². The highest BCUT2D eigenvalue weighted by Crippen LogP contribution is 2.40. The number of nitrogens with one attached hydrogen (secondary N) is 2. The lowest BCUT2D eigenvalue weighted by Gasteiger charge is -2.16. The van der Waals surface area contributed by atoms with E-state index < -0.39 is 28.5 Å². The SMILES string of the molecule is Nc1c(F)c(NCCN[C@@H]2C[C@H]2c2ccccc2)cc2c1c(=O)c(C(=O)O)cn2CCO. The number of hydrogen-bond donors (Lipinski definition) is 5. The molecule has 1 aliphatic rings. The van der Waals surface area contributed by atoms with Crippen LogP contribution >= 0.6 is 0 Å². The van der Waals surface area contributed by atoms with E-state index in [0.717, 1.165) is 12.6 Å².